The van der Waals surface area contributed by atoms with Crippen molar-refractivity contribution in [2.24, 2.45) is 5.41 Å². The van der Waals surface area contributed by atoms with Crippen LogP contribution >= 0.6 is 0 Å². The number of piperidine rings is 1. The van der Waals surface area contributed by atoms with E-state index in [2.05, 4.69) is 62.8 Å². The van der Waals surface area contributed by atoms with Gasteiger partial charge in [-0.05, 0) is 96.7 Å². The number of aldehydes is 1. The molecule has 5 aromatic rings. The van der Waals surface area contributed by atoms with Crippen molar-refractivity contribution >= 4 is 28.9 Å². The van der Waals surface area contributed by atoms with Crippen molar-refractivity contribution in [2.45, 2.75) is 57.5 Å². The monoisotopic (exact) mass is 697 g/mol. The van der Waals surface area contributed by atoms with Crippen LogP contribution in [0.15, 0.2) is 91.3 Å². The second-order valence-electron chi connectivity index (χ2n) is 15.1. The molecule has 1 unspecified atom stereocenters. The summed E-state index contributed by atoms with van der Waals surface area (Å²) in [5.74, 6) is 2.38. The first kappa shape index (κ1) is 34.0. The van der Waals surface area contributed by atoms with Crippen molar-refractivity contribution in [3.63, 3.8) is 0 Å². The molecule has 1 N–H and O–H groups in total. The maximum Gasteiger partial charge on any atom is 0.253 e. The number of nitrogens with one attached hydrogen (secondary N) is 1. The van der Waals surface area contributed by atoms with Gasteiger partial charge in [0.25, 0.3) is 5.91 Å². The number of nitrogens with zero attached hydrogens (tertiary/aromatic N) is 4. The summed E-state index contributed by atoms with van der Waals surface area (Å²) >= 11 is 0. The van der Waals surface area contributed by atoms with Crippen molar-refractivity contribution in [3.8, 4) is 17.2 Å². The first-order chi connectivity index (χ1) is 25.3. The van der Waals surface area contributed by atoms with Crippen molar-refractivity contribution in [2.75, 3.05) is 44.7 Å². The first-order valence-electron chi connectivity index (χ1n) is 18.6. The van der Waals surface area contributed by atoms with E-state index in [1.807, 2.05) is 60.8 Å². The number of benzene rings is 3. The van der Waals surface area contributed by atoms with E-state index in [1.165, 1.54) is 24.0 Å². The highest BCUT2D eigenvalue weighted by Crippen LogP contribution is 2.53. The molecule has 1 atom stereocenters. The lowest BCUT2D eigenvalue weighted by Gasteiger charge is -2.58. The number of anilines is 1. The standard InChI is InChI=1S/C43H47N5O4/c1-29(2)37-6-4-5-7-38(37)39-27-47(42(50)30-9-12-35(51-3)13-10-30)20-21-48(39)34-24-43(25-34)15-18-46(19-16-43)33-11-8-32(28-49)40(23-33)52-36-22-31-14-17-44-41(31)45-26-36/h4-14,17,22-23,26,28-29,34,39H,15-16,18-21,24-25,27H2,1-3H3,(H,44,45). The largest absolute Gasteiger partial charge is 0.497 e. The van der Waals surface area contributed by atoms with Gasteiger partial charge < -0.3 is 24.3 Å². The summed E-state index contributed by atoms with van der Waals surface area (Å²) in [6.45, 7) is 8.73. The number of rotatable bonds is 9. The van der Waals surface area contributed by atoms with E-state index in [4.69, 9.17) is 9.47 Å². The van der Waals surface area contributed by atoms with Crippen LogP contribution < -0.4 is 14.4 Å². The Kier molecular flexibility index (Phi) is 9.22. The number of ether oxygens (including phenoxy) is 2. The van der Waals surface area contributed by atoms with Crippen LogP contribution in [0.2, 0.25) is 0 Å². The molecule has 0 radical (unpaired) electrons. The molecule has 8 rings (SSSR count). The molecule has 1 aliphatic carbocycles. The molecule has 1 saturated carbocycles. The number of fused-ring (bicyclic) bond motifs is 1. The molecule has 2 saturated heterocycles. The number of aromatic amines is 1. The minimum Gasteiger partial charge on any atom is -0.497 e. The minimum atomic E-state index is 0.0833. The van der Waals surface area contributed by atoms with Crippen molar-refractivity contribution in [1.29, 1.82) is 0 Å². The van der Waals surface area contributed by atoms with Crippen LogP contribution in [0.5, 0.6) is 17.2 Å². The number of carbonyl (C=O) groups is 2. The maximum absolute atomic E-state index is 13.8. The summed E-state index contributed by atoms with van der Waals surface area (Å²) in [5, 5.41) is 0.959. The van der Waals surface area contributed by atoms with Gasteiger partial charge in [-0.2, -0.15) is 0 Å². The third kappa shape index (κ3) is 6.54. The number of hydrogen-bond acceptors (Lipinski definition) is 7. The predicted molar refractivity (Wildman–Crippen MR) is 204 cm³/mol. The topological polar surface area (TPSA) is 91.0 Å². The van der Waals surface area contributed by atoms with Gasteiger partial charge >= 0.3 is 0 Å². The second kappa shape index (κ2) is 14.1. The van der Waals surface area contributed by atoms with Gasteiger partial charge in [-0.1, -0.05) is 38.1 Å². The number of amides is 1. The first-order valence-corrected chi connectivity index (χ1v) is 18.6. The third-order valence-electron chi connectivity index (χ3n) is 11.7. The SMILES string of the molecule is COc1ccc(C(=O)N2CCN(C3CC4(CCN(c5ccc(C=O)c(Oc6cnc7[nH]ccc7c6)c5)CC4)C3)C(c3ccccc3C(C)C)C2)cc1. The lowest BCUT2D eigenvalue weighted by Crippen LogP contribution is -2.60. The second-order valence-corrected chi connectivity index (χ2v) is 15.1. The molecular formula is C43H47N5O4. The number of methoxy groups -OCH3 is 1. The summed E-state index contributed by atoms with van der Waals surface area (Å²) in [5.41, 5.74) is 6.14. The van der Waals surface area contributed by atoms with Crippen LogP contribution in [0, 0.1) is 5.41 Å². The Bertz CT molecular complexity index is 2060. The molecule has 9 nitrogen and oxygen atoms in total. The van der Waals surface area contributed by atoms with E-state index in [-0.39, 0.29) is 11.9 Å². The quantitative estimate of drug-likeness (QED) is 0.155. The van der Waals surface area contributed by atoms with Crippen LogP contribution in [0.4, 0.5) is 5.69 Å². The number of piperazine rings is 1. The highest BCUT2D eigenvalue weighted by atomic mass is 16.5. The van der Waals surface area contributed by atoms with E-state index in [0.717, 1.165) is 67.8 Å². The highest BCUT2D eigenvalue weighted by molar-refractivity contribution is 5.94. The molecule has 9 heteroatoms. The van der Waals surface area contributed by atoms with Gasteiger partial charge in [0.05, 0.1) is 24.9 Å². The molecule has 3 aliphatic rings. The minimum absolute atomic E-state index is 0.0833. The van der Waals surface area contributed by atoms with Gasteiger partial charge in [0.15, 0.2) is 6.29 Å². The number of H-pyrrole nitrogens is 1. The van der Waals surface area contributed by atoms with E-state index >= 15 is 0 Å². The third-order valence-corrected chi connectivity index (χ3v) is 11.7. The van der Waals surface area contributed by atoms with Gasteiger partial charge in [-0.3, -0.25) is 14.5 Å². The van der Waals surface area contributed by atoms with Crippen LogP contribution in [0.3, 0.4) is 0 Å². The zero-order valence-electron chi connectivity index (χ0n) is 30.3. The number of pyridine rings is 1. The maximum atomic E-state index is 13.8. The Morgan fingerprint density at radius 2 is 1.73 bits per heavy atom. The normalized spacial score (nSPS) is 19.2. The Balaban J connectivity index is 0.950. The molecule has 3 aromatic carbocycles. The van der Waals surface area contributed by atoms with Crippen molar-refractivity contribution in [3.05, 3.63) is 114 Å². The molecule has 2 aliphatic heterocycles. The Morgan fingerprint density at radius 1 is 0.942 bits per heavy atom. The van der Waals surface area contributed by atoms with E-state index in [1.54, 1.807) is 13.3 Å². The fourth-order valence-corrected chi connectivity index (χ4v) is 8.78. The summed E-state index contributed by atoms with van der Waals surface area (Å²) in [4.78, 5) is 40.4. The smallest absolute Gasteiger partial charge is 0.253 e. The summed E-state index contributed by atoms with van der Waals surface area (Å²) in [7, 11) is 1.64. The Hall–Kier alpha value is -5.15. The Morgan fingerprint density at radius 3 is 2.48 bits per heavy atom. The zero-order valence-corrected chi connectivity index (χ0v) is 30.3. The fourth-order valence-electron chi connectivity index (χ4n) is 8.78. The average molecular weight is 698 g/mol. The van der Waals surface area contributed by atoms with Gasteiger partial charge in [0, 0.05) is 67.7 Å². The molecule has 1 amide bonds. The number of hydrogen-bond donors (Lipinski definition) is 1. The van der Waals surface area contributed by atoms with Crippen LogP contribution in [0.25, 0.3) is 11.0 Å². The van der Waals surface area contributed by atoms with Crippen LogP contribution in [0.1, 0.15) is 83.3 Å². The average Bonchev–Trinajstić information content (AvgIpc) is 3.65. The van der Waals surface area contributed by atoms with Gasteiger partial charge in [-0.15, -0.1) is 0 Å². The number of carbonyl (C=O) groups excluding carboxylic acids is 2. The molecule has 4 heterocycles. The molecule has 1 spiro atoms. The zero-order chi connectivity index (χ0) is 35.8. The lowest BCUT2D eigenvalue weighted by atomic mass is 9.59. The summed E-state index contributed by atoms with van der Waals surface area (Å²) < 4.78 is 11.5. The summed E-state index contributed by atoms with van der Waals surface area (Å²) in [6.07, 6.45) is 9.01. The molecule has 2 aromatic heterocycles. The van der Waals surface area contributed by atoms with Crippen molar-refractivity contribution in [1.82, 2.24) is 19.8 Å². The lowest BCUT2D eigenvalue weighted by molar-refractivity contribution is -0.0577. The molecule has 268 valence electrons. The van der Waals surface area contributed by atoms with Gasteiger partial charge in [0.1, 0.15) is 22.9 Å². The Labute approximate surface area is 305 Å². The van der Waals surface area contributed by atoms with Gasteiger partial charge in [0.2, 0.25) is 0 Å². The van der Waals surface area contributed by atoms with E-state index in [9.17, 15) is 9.59 Å². The van der Waals surface area contributed by atoms with Gasteiger partial charge in [-0.25, -0.2) is 4.98 Å². The number of aromatic nitrogens is 2. The van der Waals surface area contributed by atoms with E-state index in [0.29, 0.717) is 46.5 Å². The molecular weight excluding hydrogens is 651 g/mol. The highest BCUT2D eigenvalue weighted by Gasteiger charge is 2.50. The van der Waals surface area contributed by atoms with Crippen LogP contribution in [-0.4, -0.2) is 77.8 Å². The predicted octanol–water partition coefficient (Wildman–Crippen LogP) is 8.25. The fraction of sp³-hybridized carbons (Fsp3) is 0.372. The van der Waals surface area contributed by atoms with Crippen molar-refractivity contribution < 1.29 is 19.1 Å². The summed E-state index contributed by atoms with van der Waals surface area (Å²) in [6, 6.07) is 26.7. The van der Waals surface area contributed by atoms with E-state index < -0.39 is 0 Å². The molecule has 3 fully saturated rings. The van der Waals surface area contributed by atoms with Crippen LogP contribution in [-0.2, 0) is 0 Å². The molecule has 52 heavy (non-hydrogen) atoms. The molecule has 0 bridgehead atoms.